The molecule has 1 aromatic rings. The summed E-state index contributed by atoms with van der Waals surface area (Å²) >= 11 is 1.57. The third-order valence-electron chi connectivity index (χ3n) is 2.01. The fourth-order valence-electron chi connectivity index (χ4n) is 1.21. The summed E-state index contributed by atoms with van der Waals surface area (Å²) in [5, 5.41) is 8.46. The van der Waals surface area contributed by atoms with Gasteiger partial charge in [0.05, 0.1) is 20.1 Å². The van der Waals surface area contributed by atoms with Crippen LogP contribution in [0.4, 0.5) is 0 Å². The summed E-state index contributed by atoms with van der Waals surface area (Å²) in [7, 11) is 1.60. The van der Waals surface area contributed by atoms with Crippen LogP contribution in [0.1, 0.15) is 6.42 Å². The number of carbonyl (C=O) groups is 1. The summed E-state index contributed by atoms with van der Waals surface area (Å²) in [5.41, 5.74) is 0. The summed E-state index contributed by atoms with van der Waals surface area (Å²) in [6, 6.07) is 7.45. The molecule has 94 valence electrons. The molecule has 0 aliphatic carbocycles. The van der Waals surface area contributed by atoms with Crippen molar-refractivity contribution in [2.75, 3.05) is 25.2 Å². The van der Waals surface area contributed by atoms with E-state index in [2.05, 4.69) is 0 Å². The molecular weight excluding hydrogens is 240 g/mol. The monoisotopic (exact) mass is 256 g/mol. The molecule has 0 aliphatic heterocycles. The zero-order chi connectivity index (χ0) is 12.5. The van der Waals surface area contributed by atoms with Crippen LogP contribution in [0.5, 0.6) is 11.5 Å². The van der Waals surface area contributed by atoms with Crippen LogP contribution in [0.25, 0.3) is 0 Å². The van der Waals surface area contributed by atoms with Gasteiger partial charge in [0.2, 0.25) is 0 Å². The maximum Gasteiger partial charge on any atom is 0.304 e. The maximum atomic E-state index is 10.3. The SMILES string of the molecule is COc1ccccc1OCCSCCC(=O)O. The predicted molar refractivity (Wildman–Crippen MR) is 68.1 cm³/mol. The zero-order valence-corrected chi connectivity index (χ0v) is 10.5. The van der Waals surface area contributed by atoms with E-state index in [4.69, 9.17) is 14.6 Å². The van der Waals surface area contributed by atoms with Gasteiger partial charge in [0.15, 0.2) is 11.5 Å². The van der Waals surface area contributed by atoms with Crippen LogP contribution in [0.3, 0.4) is 0 Å². The molecule has 1 aromatic carbocycles. The number of rotatable bonds is 8. The average molecular weight is 256 g/mol. The molecule has 1 rings (SSSR count). The first-order chi connectivity index (χ1) is 8.24. The highest BCUT2D eigenvalue weighted by atomic mass is 32.2. The van der Waals surface area contributed by atoms with Crippen LogP contribution < -0.4 is 9.47 Å². The summed E-state index contributed by atoms with van der Waals surface area (Å²) in [6.07, 6.45) is 0.194. The number of carboxylic acids is 1. The standard InChI is InChI=1S/C12H16O4S/c1-15-10-4-2-3-5-11(10)16-7-9-17-8-6-12(13)14/h2-5H,6-9H2,1H3,(H,13,14). The van der Waals surface area contributed by atoms with E-state index < -0.39 is 5.97 Å². The van der Waals surface area contributed by atoms with E-state index in [0.29, 0.717) is 23.9 Å². The molecule has 0 fully saturated rings. The normalized spacial score (nSPS) is 9.94. The smallest absolute Gasteiger partial charge is 0.304 e. The minimum atomic E-state index is -0.761. The zero-order valence-electron chi connectivity index (χ0n) is 9.72. The van der Waals surface area contributed by atoms with Gasteiger partial charge in [0.25, 0.3) is 0 Å². The number of ether oxygens (including phenoxy) is 2. The van der Waals surface area contributed by atoms with Crippen molar-refractivity contribution >= 4 is 17.7 Å². The number of para-hydroxylation sites is 2. The second kappa shape index (κ2) is 7.84. The highest BCUT2D eigenvalue weighted by Crippen LogP contribution is 2.25. The Balaban J connectivity index is 2.19. The molecule has 0 unspecified atom stereocenters. The van der Waals surface area contributed by atoms with Gasteiger partial charge in [0.1, 0.15) is 0 Å². The van der Waals surface area contributed by atoms with Crippen molar-refractivity contribution in [2.45, 2.75) is 6.42 Å². The number of methoxy groups -OCH3 is 1. The Morgan fingerprint density at radius 3 is 2.65 bits per heavy atom. The van der Waals surface area contributed by atoms with Crippen LogP contribution in [0, 0.1) is 0 Å². The summed E-state index contributed by atoms with van der Waals surface area (Å²) in [4.78, 5) is 10.3. The van der Waals surface area contributed by atoms with Crippen molar-refractivity contribution in [3.63, 3.8) is 0 Å². The van der Waals surface area contributed by atoms with Crippen LogP contribution in [-0.2, 0) is 4.79 Å². The van der Waals surface area contributed by atoms with E-state index in [1.54, 1.807) is 18.9 Å². The minimum Gasteiger partial charge on any atom is -0.493 e. The molecule has 0 radical (unpaired) electrons. The van der Waals surface area contributed by atoms with Crippen LogP contribution in [-0.4, -0.2) is 36.3 Å². The van der Waals surface area contributed by atoms with Crippen molar-refractivity contribution in [3.8, 4) is 11.5 Å². The lowest BCUT2D eigenvalue weighted by Gasteiger charge is -2.09. The second-order valence-corrected chi connectivity index (χ2v) is 4.48. The first-order valence-electron chi connectivity index (χ1n) is 5.29. The topological polar surface area (TPSA) is 55.8 Å². The molecule has 0 bridgehead atoms. The Morgan fingerprint density at radius 1 is 1.29 bits per heavy atom. The molecule has 17 heavy (non-hydrogen) atoms. The van der Waals surface area contributed by atoms with Gasteiger partial charge in [-0.15, -0.1) is 0 Å². The van der Waals surface area contributed by atoms with Gasteiger partial charge >= 0.3 is 5.97 Å². The first-order valence-corrected chi connectivity index (χ1v) is 6.45. The molecule has 1 N–H and O–H groups in total. The molecule has 4 nitrogen and oxygen atoms in total. The molecular formula is C12H16O4S. The maximum absolute atomic E-state index is 10.3. The molecule has 0 spiro atoms. The van der Waals surface area contributed by atoms with Crippen molar-refractivity contribution < 1.29 is 19.4 Å². The number of hydrogen-bond donors (Lipinski definition) is 1. The lowest BCUT2D eigenvalue weighted by molar-refractivity contribution is -0.136. The van der Waals surface area contributed by atoms with E-state index in [1.807, 2.05) is 24.3 Å². The lowest BCUT2D eigenvalue weighted by atomic mass is 10.3. The van der Waals surface area contributed by atoms with Crippen molar-refractivity contribution in [1.82, 2.24) is 0 Å². The predicted octanol–water partition coefficient (Wildman–Crippen LogP) is 2.28. The minimum absolute atomic E-state index is 0.194. The van der Waals surface area contributed by atoms with Gasteiger partial charge in [-0.2, -0.15) is 11.8 Å². The van der Waals surface area contributed by atoms with E-state index in [-0.39, 0.29) is 6.42 Å². The largest absolute Gasteiger partial charge is 0.493 e. The molecule has 0 aliphatic rings. The fraction of sp³-hybridized carbons (Fsp3) is 0.417. The quantitative estimate of drug-likeness (QED) is 0.723. The molecule has 0 amide bonds. The lowest BCUT2D eigenvalue weighted by Crippen LogP contribution is -2.03. The van der Waals surface area contributed by atoms with Gasteiger partial charge < -0.3 is 14.6 Å². The summed E-state index contributed by atoms with van der Waals surface area (Å²) < 4.78 is 10.7. The third-order valence-corrected chi connectivity index (χ3v) is 2.96. The first kappa shape index (κ1) is 13.7. The van der Waals surface area contributed by atoms with Gasteiger partial charge in [-0.3, -0.25) is 4.79 Å². The molecule has 0 saturated heterocycles. The molecule has 5 heteroatoms. The summed E-state index contributed by atoms with van der Waals surface area (Å²) in [6.45, 7) is 0.546. The average Bonchev–Trinajstić information content (AvgIpc) is 2.33. The molecule has 0 saturated carbocycles. The molecule has 0 aromatic heterocycles. The number of thioether (sulfide) groups is 1. The number of carboxylic acid groups (broad SMARTS) is 1. The second-order valence-electron chi connectivity index (χ2n) is 3.26. The number of benzene rings is 1. The van der Waals surface area contributed by atoms with Crippen molar-refractivity contribution in [3.05, 3.63) is 24.3 Å². The Bertz CT molecular complexity index is 354. The highest BCUT2D eigenvalue weighted by Gasteiger charge is 2.02. The Hall–Kier alpha value is -1.36. The van der Waals surface area contributed by atoms with Crippen molar-refractivity contribution in [2.24, 2.45) is 0 Å². The van der Waals surface area contributed by atoms with Gasteiger partial charge in [-0.1, -0.05) is 12.1 Å². The van der Waals surface area contributed by atoms with Gasteiger partial charge in [-0.05, 0) is 12.1 Å². The van der Waals surface area contributed by atoms with Gasteiger partial charge in [0, 0.05) is 11.5 Å². The molecule has 0 atom stereocenters. The van der Waals surface area contributed by atoms with E-state index in [9.17, 15) is 4.79 Å². The van der Waals surface area contributed by atoms with Crippen LogP contribution in [0.2, 0.25) is 0 Å². The van der Waals surface area contributed by atoms with E-state index >= 15 is 0 Å². The third kappa shape index (κ3) is 5.49. The van der Waals surface area contributed by atoms with Crippen LogP contribution >= 0.6 is 11.8 Å². The van der Waals surface area contributed by atoms with Gasteiger partial charge in [-0.25, -0.2) is 0 Å². The van der Waals surface area contributed by atoms with E-state index in [1.165, 1.54) is 0 Å². The number of aliphatic carboxylic acids is 1. The molecule has 0 heterocycles. The van der Waals surface area contributed by atoms with Crippen molar-refractivity contribution in [1.29, 1.82) is 0 Å². The fourth-order valence-corrected chi connectivity index (χ4v) is 1.93. The Labute approximate surface area is 105 Å². The highest BCUT2D eigenvalue weighted by molar-refractivity contribution is 7.99. The summed E-state index contributed by atoms with van der Waals surface area (Å²) in [5.74, 6) is 2.05. The van der Waals surface area contributed by atoms with Crippen LogP contribution in [0.15, 0.2) is 24.3 Å². The Kier molecular flexibility index (Phi) is 6.32. The van der Waals surface area contributed by atoms with E-state index in [0.717, 1.165) is 5.75 Å². The number of hydrogen-bond acceptors (Lipinski definition) is 4. The Morgan fingerprint density at radius 2 is 2.00 bits per heavy atom.